The smallest absolute Gasteiger partial charge is 0.338 e. The Kier molecular flexibility index (Phi) is 12.7. The highest BCUT2D eigenvalue weighted by Crippen LogP contribution is 2.33. The highest BCUT2D eigenvalue weighted by atomic mass is 16.8. The van der Waals surface area contributed by atoms with E-state index in [9.17, 15) is 14.7 Å². The second kappa shape index (κ2) is 15.2. The molecule has 7 nitrogen and oxygen atoms in total. The van der Waals surface area contributed by atoms with Crippen molar-refractivity contribution in [1.29, 1.82) is 0 Å². The maximum absolute atomic E-state index is 12.2. The van der Waals surface area contributed by atoms with E-state index >= 15 is 0 Å². The lowest BCUT2D eigenvalue weighted by atomic mass is 10.0. The summed E-state index contributed by atoms with van der Waals surface area (Å²) in [6.45, 7) is 3.91. The fourth-order valence-electron chi connectivity index (χ4n) is 4.44. The summed E-state index contributed by atoms with van der Waals surface area (Å²) in [5.41, 5.74) is 0.392. The first kappa shape index (κ1) is 28.4. The van der Waals surface area contributed by atoms with Crippen LogP contribution < -0.4 is 0 Å². The van der Waals surface area contributed by atoms with Crippen LogP contribution in [-0.2, 0) is 23.8 Å². The molecule has 2 aliphatic rings. The summed E-state index contributed by atoms with van der Waals surface area (Å²) < 4.78 is 16.6. The van der Waals surface area contributed by atoms with E-state index in [4.69, 9.17) is 19.3 Å². The minimum atomic E-state index is -0.749. The first-order valence-corrected chi connectivity index (χ1v) is 13.1. The molecule has 0 bridgehead atoms. The maximum atomic E-state index is 12.2. The second-order valence-electron chi connectivity index (χ2n) is 9.89. The summed E-state index contributed by atoms with van der Waals surface area (Å²) >= 11 is 0. The van der Waals surface area contributed by atoms with Gasteiger partial charge in [0.1, 0.15) is 11.9 Å². The molecule has 194 valence electrons. The number of carbonyl (C=O) groups excluding carboxylic acids is 1. The van der Waals surface area contributed by atoms with Crippen molar-refractivity contribution in [2.75, 3.05) is 6.61 Å². The van der Waals surface area contributed by atoms with Gasteiger partial charge in [0.15, 0.2) is 11.9 Å². The van der Waals surface area contributed by atoms with E-state index in [2.05, 4.69) is 12.2 Å². The number of aliphatic hydroxyl groups is 1. The number of hydrogen-bond donors (Lipinski definition) is 2. The number of carboxylic acids is 1. The predicted molar refractivity (Wildman–Crippen MR) is 130 cm³/mol. The number of unbranched alkanes of at least 4 members (excludes halogenated alkanes) is 11. The molecular formula is C27H44O7. The number of allylic oxidation sites excluding steroid dienone is 2. The van der Waals surface area contributed by atoms with E-state index in [1.165, 1.54) is 32.1 Å². The Hall–Kier alpha value is -1.86. The Morgan fingerprint density at radius 3 is 2.06 bits per heavy atom. The third-order valence-electron chi connectivity index (χ3n) is 6.40. The van der Waals surface area contributed by atoms with E-state index in [0.717, 1.165) is 51.4 Å². The molecule has 0 aliphatic carbocycles. The highest BCUT2D eigenvalue weighted by Gasteiger charge is 2.45. The summed E-state index contributed by atoms with van der Waals surface area (Å²) in [5, 5.41) is 19.1. The van der Waals surface area contributed by atoms with Crippen LogP contribution in [0.5, 0.6) is 0 Å². The quantitative estimate of drug-likeness (QED) is 0.133. The lowest BCUT2D eigenvalue weighted by Crippen LogP contribution is -2.32. The Bertz CT molecular complexity index is 695. The third-order valence-corrected chi connectivity index (χ3v) is 6.40. The SMILES string of the molecule is CC1(C)OCC(C2OC(=O)C(CCCCCCCC/C=C\CCCCCCCC(=O)O)=C2O)O1. The summed E-state index contributed by atoms with van der Waals surface area (Å²) in [4.78, 5) is 22.6. The number of carbonyl (C=O) groups is 2. The molecule has 1 fully saturated rings. The summed E-state index contributed by atoms with van der Waals surface area (Å²) in [6, 6.07) is 0. The van der Waals surface area contributed by atoms with Gasteiger partial charge >= 0.3 is 11.9 Å². The van der Waals surface area contributed by atoms with Crippen LogP contribution in [0.1, 0.15) is 110 Å². The third kappa shape index (κ3) is 10.6. The Balaban J connectivity index is 1.43. The molecule has 0 amide bonds. The molecular weight excluding hydrogens is 436 g/mol. The summed E-state index contributed by atoms with van der Waals surface area (Å²) in [7, 11) is 0. The average molecular weight is 481 g/mol. The summed E-state index contributed by atoms with van der Waals surface area (Å²) in [6.07, 6.45) is 18.3. The molecule has 34 heavy (non-hydrogen) atoms. The molecule has 2 unspecified atom stereocenters. The fourth-order valence-corrected chi connectivity index (χ4v) is 4.44. The van der Waals surface area contributed by atoms with Gasteiger partial charge in [-0.05, 0) is 58.8 Å². The maximum Gasteiger partial charge on any atom is 0.338 e. The van der Waals surface area contributed by atoms with Gasteiger partial charge in [-0.25, -0.2) is 4.79 Å². The van der Waals surface area contributed by atoms with Crippen molar-refractivity contribution in [1.82, 2.24) is 0 Å². The van der Waals surface area contributed by atoms with Crippen molar-refractivity contribution in [2.24, 2.45) is 0 Å². The summed E-state index contributed by atoms with van der Waals surface area (Å²) in [5.74, 6) is -1.83. The predicted octanol–water partition coefficient (Wildman–Crippen LogP) is 6.37. The number of rotatable bonds is 18. The fraction of sp³-hybridized carbons (Fsp3) is 0.778. The second-order valence-corrected chi connectivity index (χ2v) is 9.89. The minimum Gasteiger partial charge on any atom is -0.508 e. The number of hydrogen-bond acceptors (Lipinski definition) is 6. The van der Waals surface area contributed by atoms with E-state index < -0.39 is 29.9 Å². The Labute approximate surface area is 204 Å². The van der Waals surface area contributed by atoms with Gasteiger partial charge in [0.05, 0.1) is 12.2 Å². The number of carboxylic acid groups (broad SMARTS) is 1. The zero-order valence-corrected chi connectivity index (χ0v) is 21.1. The van der Waals surface area contributed by atoms with Crippen molar-refractivity contribution in [3.8, 4) is 0 Å². The van der Waals surface area contributed by atoms with Gasteiger partial charge in [-0.3, -0.25) is 4.79 Å². The normalized spacial score (nSPS) is 22.1. The molecule has 2 heterocycles. The monoisotopic (exact) mass is 480 g/mol. The van der Waals surface area contributed by atoms with Crippen LogP contribution in [-0.4, -0.2) is 46.8 Å². The molecule has 2 N–H and O–H groups in total. The molecule has 2 aliphatic heterocycles. The molecule has 0 radical (unpaired) electrons. The van der Waals surface area contributed by atoms with Crippen LogP contribution in [0.2, 0.25) is 0 Å². The van der Waals surface area contributed by atoms with Gasteiger partial charge in [-0.2, -0.15) is 0 Å². The van der Waals surface area contributed by atoms with Crippen molar-refractivity contribution >= 4 is 11.9 Å². The Morgan fingerprint density at radius 2 is 1.50 bits per heavy atom. The molecule has 0 spiro atoms. The van der Waals surface area contributed by atoms with Gasteiger partial charge < -0.3 is 24.4 Å². The van der Waals surface area contributed by atoms with Gasteiger partial charge in [0.25, 0.3) is 0 Å². The number of aliphatic hydroxyl groups excluding tert-OH is 1. The van der Waals surface area contributed by atoms with Gasteiger partial charge in [-0.1, -0.05) is 57.1 Å². The Morgan fingerprint density at radius 1 is 0.941 bits per heavy atom. The largest absolute Gasteiger partial charge is 0.508 e. The first-order valence-electron chi connectivity index (χ1n) is 13.1. The number of esters is 1. The number of ether oxygens (including phenoxy) is 3. The lowest BCUT2D eigenvalue weighted by molar-refractivity contribution is -0.162. The van der Waals surface area contributed by atoms with Crippen molar-refractivity contribution in [2.45, 2.75) is 128 Å². The van der Waals surface area contributed by atoms with Crippen LogP contribution in [0.25, 0.3) is 0 Å². The molecule has 1 saturated heterocycles. The lowest BCUT2D eigenvalue weighted by Gasteiger charge is -2.20. The van der Waals surface area contributed by atoms with Crippen molar-refractivity contribution < 1.29 is 34.0 Å². The van der Waals surface area contributed by atoms with E-state index in [1.807, 2.05) is 0 Å². The molecule has 2 rings (SSSR count). The minimum absolute atomic E-state index is 0.0151. The van der Waals surface area contributed by atoms with E-state index in [0.29, 0.717) is 25.0 Å². The molecule has 0 aromatic rings. The van der Waals surface area contributed by atoms with E-state index in [-0.39, 0.29) is 5.76 Å². The molecule has 7 heteroatoms. The zero-order valence-electron chi connectivity index (χ0n) is 21.1. The van der Waals surface area contributed by atoms with Gasteiger partial charge in [-0.15, -0.1) is 0 Å². The molecule has 0 aromatic carbocycles. The average Bonchev–Trinajstić information content (AvgIpc) is 3.28. The van der Waals surface area contributed by atoms with Crippen LogP contribution in [0.15, 0.2) is 23.5 Å². The number of aliphatic carboxylic acids is 1. The molecule has 2 atom stereocenters. The van der Waals surface area contributed by atoms with Gasteiger partial charge in [0, 0.05) is 6.42 Å². The van der Waals surface area contributed by atoms with Crippen molar-refractivity contribution in [3.63, 3.8) is 0 Å². The van der Waals surface area contributed by atoms with Crippen LogP contribution >= 0.6 is 0 Å². The van der Waals surface area contributed by atoms with Crippen molar-refractivity contribution in [3.05, 3.63) is 23.5 Å². The van der Waals surface area contributed by atoms with Crippen LogP contribution in [0.4, 0.5) is 0 Å². The molecule has 0 saturated carbocycles. The zero-order chi connectivity index (χ0) is 24.8. The van der Waals surface area contributed by atoms with Crippen LogP contribution in [0.3, 0.4) is 0 Å². The number of cyclic esters (lactones) is 1. The standard InChI is InChI=1S/C27H44O7/c1-27(2)32-20-22(34-27)25-24(30)21(26(31)33-25)18-16-14-12-10-8-6-4-3-5-7-9-11-13-15-17-19-23(28)29/h3,5,22,25,30H,4,6-20H2,1-2H3,(H,28,29)/b5-3-. The molecule has 0 aromatic heterocycles. The first-order chi connectivity index (χ1) is 16.3. The van der Waals surface area contributed by atoms with Gasteiger partial charge in [0.2, 0.25) is 0 Å². The highest BCUT2D eigenvalue weighted by molar-refractivity contribution is 5.91. The van der Waals surface area contributed by atoms with E-state index in [1.54, 1.807) is 13.8 Å². The van der Waals surface area contributed by atoms with Crippen LogP contribution in [0, 0.1) is 0 Å². The topological polar surface area (TPSA) is 102 Å².